The molecule has 1 aliphatic rings. The van der Waals surface area contributed by atoms with Crippen LogP contribution in [0.15, 0.2) is 30.3 Å². The van der Waals surface area contributed by atoms with E-state index in [-0.39, 0.29) is 25.1 Å². The van der Waals surface area contributed by atoms with Gasteiger partial charge in [0.1, 0.15) is 0 Å². The maximum Gasteiger partial charge on any atom is 0.269 e. The molecule has 1 saturated heterocycles. The second-order valence-corrected chi connectivity index (χ2v) is 5.61. The zero-order valence-corrected chi connectivity index (χ0v) is 12.1. The molecular formula is C16H17F2N3O. The standard InChI is InChI=1S/C16H17F2N3O/c17-16(18)6-3-8-21(9-7-16)13-10-11-4-1-2-5-12(11)20-14(13)15(19)22/h1-2,4-5,10H,3,6-9H2,(H2,19,22). The molecule has 1 aliphatic heterocycles. The fraction of sp³-hybridized carbons (Fsp3) is 0.375. The highest BCUT2D eigenvalue weighted by molar-refractivity contribution is 6.00. The summed E-state index contributed by atoms with van der Waals surface area (Å²) in [6.07, 6.45) is 0.0203. The lowest BCUT2D eigenvalue weighted by molar-refractivity contribution is -0.0102. The highest BCUT2D eigenvalue weighted by atomic mass is 19.3. The molecule has 2 N–H and O–H groups in total. The molecule has 1 aromatic heterocycles. The molecule has 1 amide bonds. The Morgan fingerprint density at radius 1 is 1.23 bits per heavy atom. The van der Waals surface area contributed by atoms with Crippen molar-refractivity contribution in [3.63, 3.8) is 0 Å². The third-order valence-corrected chi connectivity index (χ3v) is 4.00. The number of nitrogens with zero attached hydrogens (tertiary/aromatic N) is 2. The zero-order chi connectivity index (χ0) is 15.7. The predicted octanol–water partition coefficient (Wildman–Crippen LogP) is 2.96. The fourth-order valence-electron chi connectivity index (χ4n) is 2.83. The molecule has 2 heterocycles. The van der Waals surface area contributed by atoms with Gasteiger partial charge in [0.2, 0.25) is 5.92 Å². The van der Waals surface area contributed by atoms with Crippen molar-refractivity contribution in [3.8, 4) is 0 Å². The quantitative estimate of drug-likeness (QED) is 0.928. The molecule has 116 valence electrons. The van der Waals surface area contributed by atoms with Gasteiger partial charge in [-0.15, -0.1) is 0 Å². The van der Waals surface area contributed by atoms with Crippen molar-refractivity contribution in [2.75, 3.05) is 18.0 Å². The van der Waals surface area contributed by atoms with Crippen LogP contribution in [0.3, 0.4) is 0 Å². The lowest BCUT2D eigenvalue weighted by Crippen LogP contribution is -2.29. The van der Waals surface area contributed by atoms with E-state index in [1.165, 1.54) is 0 Å². The first-order valence-electron chi connectivity index (χ1n) is 7.29. The number of para-hydroxylation sites is 1. The molecule has 0 bridgehead atoms. The lowest BCUT2D eigenvalue weighted by Gasteiger charge is -2.24. The van der Waals surface area contributed by atoms with Crippen molar-refractivity contribution in [1.82, 2.24) is 4.98 Å². The van der Waals surface area contributed by atoms with E-state index in [0.717, 1.165) is 5.39 Å². The van der Waals surface area contributed by atoms with Gasteiger partial charge in [-0.25, -0.2) is 13.8 Å². The van der Waals surface area contributed by atoms with E-state index in [9.17, 15) is 13.6 Å². The van der Waals surface area contributed by atoms with Crippen molar-refractivity contribution < 1.29 is 13.6 Å². The van der Waals surface area contributed by atoms with Gasteiger partial charge in [0, 0.05) is 31.3 Å². The van der Waals surface area contributed by atoms with Gasteiger partial charge in [-0.05, 0) is 18.6 Å². The van der Waals surface area contributed by atoms with Crippen molar-refractivity contribution in [1.29, 1.82) is 0 Å². The molecule has 4 nitrogen and oxygen atoms in total. The smallest absolute Gasteiger partial charge is 0.269 e. The van der Waals surface area contributed by atoms with Crippen molar-refractivity contribution in [3.05, 3.63) is 36.0 Å². The van der Waals surface area contributed by atoms with E-state index < -0.39 is 11.8 Å². The molecule has 6 heteroatoms. The highest BCUT2D eigenvalue weighted by Gasteiger charge is 2.32. The van der Waals surface area contributed by atoms with E-state index in [2.05, 4.69) is 4.98 Å². The van der Waals surface area contributed by atoms with Crippen LogP contribution >= 0.6 is 0 Å². The van der Waals surface area contributed by atoms with Crippen molar-refractivity contribution in [2.45, 2.75) is 25.2 Å². The summed E-state index contributed by atoms with van der Waals surface area (Å²) in [7, 11) is 0. The van der Waals surface area contributed by atoms with Crippen LogP contribution in [0, 0.1) is 0 Å². The number of aromatic nitrogens is 1. The van der Waals surface area contributed by atoms with E-state index in [1.807, 2.05) is 24.3 Å². The largest absolute Gasteiger partial charge is 0.369 e. The molecule has 3 rings (SSSR count). The number of pyridine rings is 1. The number of nitrogens with two attached hydrogens (primary N) is 1. The first-order chi connectivity index (χ1) is 10.5. The number of anilines is 1. The Labute approximate surface area is 126 Å². The van der Waals surface area contributed by atoms with Gasteiger partial charge in [-0.3, -0.25) is 4.79 Å². The third-order valence-electron chi connectivity index (χ3n) is 4.00. The van der Waals surface area contributed by atoms with Crippen LogP contribution in [0.25, 0.3) is 10.9 Å². The van der Waals surface area contributed by atoms with Crippen LogP contribution < -0.4 is 10.6 Å². The van der Waals surface area contributed by atoms with Crippen molar-refractivity contribution >= 4 is 22.5 Å². The van der Waals surface area contributed by atoms with Gasteiger partial charge in [0.05, 0.1) is 11.2 Å². The first kappa shape index (κ1) is 14.7. The van der Waals surface area contributed by atoms with Gasteiger partial charge >= 0.3 is 0 Å². The summed E-state index contributed by atoms with van der Waals surface area (Å²) in [5.74, 6) is -3.29. The van der Waals surface area contributed by atoms with Gasteiger partial charge < -0.3 is 10.6 Å². The molecular weight excluding hydrogens is 288 g/mol. The Morgan fingerprint density at radius 3 is 2.77 bits per heavy atom. The molecule has 0 radical (unpaired) electrons. The monoisotopic (exact) mass is 305 g/mol. The molecule has 1 aromatic carbocycles. The maximum absolute atomic E-state index is 13.5. The normalized spacial score (nSPS) is 18.2. The molecule has 0 unspecified atom stereocenters. The Balaban J connectivity index is 2.04. The summed E-state index contributed by atoms with van der Waals surface area (Å²) >= 11 is 0. The van der Waals surface area contributed by atoms with Crippen LogP contribution in [-0.4, -0.2) is 29.9 Å². The van der Waals surface area contributed by atoms with Gasteiger partial charge in [-0.1, -0.05) is 18.2 Å². The summed E-state index contributed by atoms with van der Waals surface area (Å²) in [5, 5.41) is 0.860. The molecule has 0 atom stereocenters. The SMILES string of the molecule is NC(=O)c1nc2ccccc2cc1N1CCCC(F)(F)CC1. The molecule has 0 aliphatic carbocycles. The number of hydrogen-bond donors (Lipinski definition) is 1. The summed E-state index contributed by atoms with van der Waals surface area (Å²) < 4.78 is 27.1. The number of amides is 1. The Hall–Kier alpha value is -2.24. The number of benzene rings is 1. The highest BCUT2D eigenvalue weighted by Crippen LogP contribution is 2.32. The fourth-order valence-corrected chi connectivity index (χ4v) is 2.83. The number of primary amides is 1. The molecule has 0 spiro atoms. The first-order valence-corrected chi connectivity index (χ1v) is 7.29. The summed E-state index contributed by atoms with van der Waals surface area (Å²) in [5.41, 5.74) is 6.78. The lowest BCUT2D eigenvalue weighted by atomic mass is 10.1. The van der Waals surface area contributed by atoms with Crippen LogP contribution in [0.4, 0.5) is 14.5 Å². The average molecular weight is 305 g/mol. The van der Waals surface area contributed by atoms with Crippen LogP contribution in [0.1, 0.15) is 29.8 Å². The minimum Gasteiger partial charge on any atom is -0.369 e. The summed E-state index contributed by atoms with van der Waals surface area (Å²) in [6.45, 7) is 0.656. The molecule has 0 saturated carbocycles. The van der Waals surface area contributed by atoms with E-state index in [1.54, 1.807) is 11.0 Å². The van der Waals surface area contributed by atoms with Gasteiger partial charge in [0.15, 0.2) is 5.69 Å². The minimum atomic E-state index is -2.65. The minimum absolute atomic E-state index is 0.129. The Morgan fingerprint density at radius 2 is 2.00 bits per heavy atom. The molecule has 22 heavy (non-hydrogen) atoms. The maximum atomic E-state index is 13.5. The number of alkyl halides is 2. The van der Waals surface area contributed by atoms with Crippen LogP contribution in [0.2, 0.25) is 0 Å². The molecule has 1 fully saturated rings. The number of halogens is 2. The number of fused-ring (bicyclic) bond motifs is 1. The summed E-state index contributed by atoms with van der Waals surface area (Å²) in [6, 6.07) is 9.18. The second-order valence-electron chi connectivity index (χ2n) is 5.61. The Kier molecular flexibility index (Phi) is 3.68. The average Bonchev–Trinajstić information content (AvgIpc) is 2.66. The van der Waals surface area contributed by atoms with Crippen LogP contribution in [0.5, 0.6) is 0 Å². The summed E-state index contributed by atoms with van der Waals surface area (Å²) in [4.78, 5) is 17.8. The third kappa shape index (κ3) is 2.86. The Bertz CT molecular complexity index is 718. The van der Waals surface area contributed by atoms with Crippen molar-refractivity contribution in [2.24, 2.45) is 5.73 Å². The van der Waals surface area contributed by atoms with Crippen LogP contribution in [-0.2, 0) is 0 Å². The van der Waals surface area contributed by atoms with E-state index in [0.29, 0.717) is 24.2 Å². The predicted molar refractivity (Wildman–Crippen MR) is 81.3 cm³/mol. The topological polar surface area (TPSA) is 59.2 Å². The van der Waals surface area contributed by atoms with E-state index in [4.69, 9.17) is 5.73 Å². The number of rotatable bonds is 2. The zero-order valence-electron chi connectivity index (χ0n) is 12.1. The number of carbonyl (C=O) groups excluding carboxylic acids is 1. The number of hydrogen-bond acceptors (Lipinski definition) is 3. The number of carbonyl (C=O) groups is 1. The second kappa shape index (κ2) is 5.51. The van der Waals surface area contributed by atoms with Gasteiger partial charge in [-0.2, -0.15) is 0 Å². The van der Waals surface area contributed by atoms with Gasteiger partial charge in [0.25, 0.3) is 5.91 Å². The van der Waals surface area contributed by atoms with E-state index >= 15 is 0 Å². The molecule has 2 aromatic rings.